The molecule has 0 bridgehead atoms. The molecule has 126 valence electrons. The number of alkyl halides is 3. The Morgan fingerprint density at radius 3 is 2.54 bits per heavy atom. The van der Waals surface area contributed by atoms with E-state index in [9.17, 15) is 18.0 Å². The summed E-state index contributed by atoms with van der Waals surface area (Å²) in [7, 11) is 1.38. The number of ether oxygens (including phenoxy) is 2. The van der Waals surface area contributed by atoms with Crippen molar-refractivity contribution in [2.45, 2.75) is 6.36 Å². The van der Waals surface area contributed by atoms with Gasteiger partial charge in [-0.15, -0.1) is 13.2 Å². The topological polar surface area (TPSA) is 67.1 Å². The fourth-order valence-corrected chi connectivity index (χ4v) is 2.68. The van der Waals surface area contributed by atoms with Gasteiger partial charge in [0.2, 0.25) is 0 Å². The number of nitrogens with one attached hydrogen (secondary N) is 2. The van der Waals surface area contributed by atoms with Crippen molar-refractivity contribution in [1.29, 1.82) is 0 Å². The van der Waals surface area contributed by atoms with Crippen LogP contribution in [0.3, 0.4) is 0 Å². The van der Waals surface area contributed by atoms with E-state index in [1.807, 2.05) is 0 Å². The van der Waals surface area contributed by atoms with Gasteiger partial charge >= 0.3 is 12.1 Å². The van der Waals surface area contributed by atoms with Gasteiger partial charge in [0.1, 0.15) is 17.0 Å². The van der Waals surface area contributed by atoms with E-state index in [2.05, 4.69) is 14.7 Å². The number of hydrogen-bond acceptors (Lipinski definition) is 3. The van der Waals surface area contributed by atoms with Crippen LogP contribution in [0.15, 0.2) is 35.1 Å². The van der Waals surface area contributed by atoms with Crippen molar-refractivity contribution < 1.29 is 22.6 Å². The van der Waals surface area contributed by atoms with Gasteiger partial charge in [-0.25, -0.2) is 4.79 Å². The summed E-state index contributed by atoms with van der Waals surface area (Å²) in [6.07, 6.45) is -4.87. The highest BCUT2D eigenvalue weighted by molar-refractivity contribution is 6.33. The third-order valence-corrected chi connectivity index (χ3v) is 3.61. The Bertz CT molecular complexity index is 963. The highest BCUT2D eigenvalue weighted by atomic mass is 35.5. The Kier molecular flexibility index (Phi) is 3.92. The molecule has 0 fully saturated rings. The van der Waals surface area contributed by atoms with Crippen LogP contribution in [0.4, 0.5) is 13.2 Å². The number of H-pyrrole nitrogens is 2. The summed E-state index contributed by atoms with van der Waals surface area (Å²) < 4.78 is 47.1. The number of hydrogen-bond donors (Lipinski definition) is 2. The average Bonchev–Trinajstić information content (AvgIpc) is 2.84. The summed E-state index contributed by atoms with van der Waals surface area (Å²) in [6, 6.07) is 6.90. The summed E-state index contributed by atoms with van der Waals surface area (Å²) in [6.45, 7) is 0. The smallest absolute Gasteiger partial charge is 0.494 e. The predicted molar refractivity (Wildman–Crippen MR) is 82.6 cm³/mol. The van der Waals surface area contributed by atoms with Gasteiger partial charge in [0.05, 0.1) is 17.6 Å². The van der Waals surface area contributed by atoms with Crippen molar-refractivity contribution in [2.75, 3.05) is 7.11 Å². The molecule has 0 aliphatic heterocycles. The Hall–Kier alpha value is -2.61. The second-order valence-corrected chi connectivity index (χ2v) is 5.25. The van der Waals surface area contributed by atoms with Gasteiger partial charge in [-0.1, -0.05) is 17.7 Å². The van der Waals surface area contributed by atoms with Gasteiger partial charge in [0.25, 0.3) is 0 Å². The zero-order chi connectivity index (χ0) is 17.5. The molecular formula is C15H10ClF3N2O3. The minimum absolute atomic E-state index is 0.0405. The molecule has 2 N–H and O–H groups in total. The molecule has 0 aliphatic rings. The van der Waals surface area contributed by atoms with Gasteiger partial charge in [0.15, 0.2) is 0 Å². The molecule has 24 heavy (non-hydrogen) atoms. The fourth-order valence-electron chi connectivity index (χ4n) is 2.41. The Labute approximate surface area is 138 Å². The number of aromatic nitrogens is 2. The molecule has 2 aromatic carbocycles. The van der Waals surface area contributed by atoms with Crippen LogP contribution in [-0.2, 0) is 0 Å². The van der Waals surface area contributed by atoms with E-state index in [4.69, 9.17) is 16.3 Å². The van der Waals surface area contributed by atoms with Gasteiger partial charge in [0, 0.05) is 5.56 Å². The molecule has 0 unspecified atom stereocenters. The molecule has 3 rings (SSSR count). The van der Waals surface area contributed by atoms with Crippen molar-refractivity contribution >= 4 is 22.6 Å². The maximum atomic E-state index is 12.6. The van der Waals surface area contributed by atoms with Crippen molar-refractivity contribution in [3.8, 4) is 22.6 Å². The van der Waals surface area contributed by atoms with Gasteiger partial charge in [-0.05, 0) is 29.8 Å². The highest BCUT2D eigenvalue weighted by Gasteiger charge is 2.32. The number of benzene rings is 2. The van der Waals surface area contributed by atoms with Crippen LogP contribution in [0.25, 0.3) is 22.2 Å². The first-order valence-corrected chi connectivity index (χ1v) is 7.01. The van der Waals surface area contributed by atoms with Crippen LogP contribution in [0.5, 0.6) is 11.5 Å². The molecule has 1 heterocycles. The number of imidazole rings is 1. The monoisotopic (exact) mass is 358 g/mol. The summed E-state index contributed by atoms with van der Waals surface area (Å²) >= 11 is 6.08. The number of methoxy groups -OCH3 is 1. The molecule has 0 radical (unpaired) electrons. The molecule has 3 aromatic rings. The maximum absolute atomic E-state index is 12.6. The van der Waals surface area contributed by atoms with Gasteiger partial charge in [-0.2, -0.15) is 0 Å². The van der Waals surface area contributed by atoms with Gasteiger partial charge in [-0.3, -0.25) is 0 Å². The van der Waals surface area contributed by atoms with E-state index in [0.717, 1.165) is 6.07 Å². The number of rotatable bonds is 3. The van der Waals surface area contributed by atoms with Crippen molar-refractivity contribution in [3.05, 3.63) is 45.8 Å². The molecule has 0 saturated carbocycles. The first kappa shape index (κ1) is 16.3. The molecular weight excluding hydrogens is 349 g/mol. The molecule has 0 saturated heterocycles. The Morgan fingerprint density at radius 1 is 1.12 bits per heavy atom. The normalized spacial score (nSPS) is 11.7. The lowest BCUT2D eigenvalue weighted by atomic mass is 10.0. The molecule has 0 aliphatic carbocycles. The molecule has 0 atom stereocenters. The number of aromatic amines is 2. The average molecular weight is 359 g/mol. The lowest BCUT2D eigenvalue weighted by Gasteiger charge is -2.15. The first-order valence-electron chi connectivity index (χ1n) is 6.63. The fraction of sp³-hybridized carbons (Fsp3) is 0.133. The lowest BCUT2D eigenvalue weighted by molar-refractivity contribution is -0.274. The van der Waals surface area contributed by atoms with Crippen LogP contribution in [0.2, 0.25) is 5.02 Å². The third kappa shape index (κ3) is 3.05. The van der Waals surface area contributed by atoms with E-state index in [-0.39, 0.29) is 16.3 Å². The van der Waals surface area contributed by atoms with Crippen LogP contribution in [-0.4, -0.2) is 23.4 Å². The zero-order valence-corrected chi connectivity index (χ0v) is 12.9. The van der Waals surface area contributed by atoms with Crippen molar-refractivity contribution in [1.82, 2.24) is 9.97 Å². The van der Waals surface area contributed by atoms with Crippen molar-refractivity contribution in [2.24, 2.45) is 0 Å². The highest BCUT2D eigenvalue weighted by Crippen LogP contribution is 2.41. The predicted octanol–water partition coefficient (Wildman–Crippen LogP) is 4.08. The number of fused-ring (bicyclic) bond motifs is 1. The van der Waals surface area contributed by atoms with E-state index >= 15 is 0 Å². The van der Waals surface area contributed by atoms with E-state index in [1.165, 1.54) is 31.4 Å². The summed E-state index contributed by atoms with van der Waals surface area (Å²) in [5, 5.41) is 0.0658. The van der Waals surface area contributed by atoms with E-state index in [0.29, 0.717) is 16.6 Å². The van der Waals surface area contributed by atoms with Crippen LogP contribution in [0, 0.1) is 0 Å². The largest absolute Gasteiger partial charge is 0.573 e. The summed E-state index contributed by atoms with van der Waals surface area (Å²) in [5.41, 5.74) is 0.647. The minimum Gasteiger partial charge on any atom is -0.494 e. The first-order chi connectivity index (χ1) is 11.3. The quantitative estimate of drug-likeness (QED) is 0.741. The van der Waals surface area contributed by atoms with E-state index in [1.54, 1.807) is 0 Å². The Morgan fingerprint density at radius 2 is 1.88 bits per heavy atom. The molecule has 0 amide bonds. The van der Waals surface area contributed by atoms with E-state index < -0.39 is 17.8 Å². The molecule has 0 spiro atoms. The second-order valence-electron chi connectivity index (χ2n) is 4.84. The molecule has 1 aromatic heterocycles. The van der Waals surface area contributed by atoms with Crippen molar-refractivity contribution in [3.63, 3.8) is 0 Å². The molecule has 5 nitrogen and oxygen atoms in total. The maximum Gasteiger partial charge on any atom is 0.573 e. The second kappa shape index (κ2) is 5.79. The molecule has 9 heteroatoms. The van der Waals surface area contributed by atoms with Crippen LogP contribution >= 0.6 is 11.6 Å². The van der Waals surface area contributed by atoms with Crippen LogP contribution < -0.4 is 15.2 Å². The summed E-state index contributed by atoms with van der Waals surface area (Å²) in [4.78, 5) is 16.5. The SMILES string of the molecule is COc1cc(-c2c(Cl)cccc2OC(F)(F)F)cc2[nH]c(=O)[nH]c12. The minimum atomic E-state index is -4.87. The van der Waals surface area contributed by atoms with Crippen LogP contribution in [0.1, 0.15) is 0 Å². The summed E-state index contributed by atoms with van der Waals surface area (Å²) in [5.74, 6) is -0.173. The standard InChI is InChI=1S/C15H10ClF3N2O3/c1-23-11-6-7(5-9-13(11)21-14(22)20-9)12-8(16)3-2-4-10(12)24-15(17,18)19/h2-6H,1H3,(H2,20,21,22). The van der Waals surface area contributed by atoms with Gasteiger partial charge < -0.3 is 19.4 Å². The zero-order valence-electron chi connectivity index (χ0n) is 12.1. The Balaban J connectivity index is 2.25. The number of halogens is 4. The third-order valence-electron chi connectivity index (χ3n) is 3.30. The lowest BCUT2D eigenvalue weighted by Crippen LogP contribution is -2.17.